The van der Waals surface area contributed by atoms with E-state index < -0.39 is 6.23 Å². The Kier molecular flexibility index (Phi) is 5.52. The van der Waals surface area contributed by atoms with E-state index in [0.717, 1.165) is 41.2 Å². The fourth-order valence-electron chi connectivity index (χ4n) is 3.73. The van der Waals surface area contributed by atoms with Gasteiger partial charge in [-0.1, -0.05) is 12.1 Å². The zero-order valence-corrected chi connectivity index (χ0v) is 17.4. The van der Waals surface area contributed by atoms with Crippen molar-refractivity contribution in [3.63, 3.8) is 0 Å². The molecule has 30 heavy (non-hydrogen) atoms. The molecule has 1 aromatic carbocycles. The van der Waals surface area contributed by atoms with Crippen molar-refractivity contribution in [2.45, 2.75) is 33.0 Å². The van der Waals surface area contributed by atoms with Crippen LogP contribution in [0.5, 0.6) is 0 Å². The van der Waals surface area contributed by atoms with Crippen molar-refractivity contribution in [1.82, 2.24) is 19.7 Å². The normalized spacial score (nSPS) is 14.8. The summed E-state index contributed by atoms with van der Waals surface area (Å²) in [6, 6.07) is 11.8. The molecule has 3 heterocycles. The second-order valence-electron chi connectivity index (χ2n) is 7.57. The second kappa shape index (κ2) is 8.25. The second-order valence-corrected chi connectivity index (χ2v) is 7.57. The van der Waals surface area contributed by atoms with Crippen molar-refractivity contribution in [1.29, 1.82) is 0 Å². The summed E-state index contributed by atoms with van der Waals surface area (Å²) in [5.41, 5.74) is 5.28. The SMILES string of the molecule is CC(=O)Nc1ccc(-c2ccc(Nc3nn(C)c4c3CN(C(C)O)CC4)cc2)cn1. The summed E-state index contributed by atoms with van der Waals surface area (Å²) >= 11 is 0. The molecule has 0 radical (unpaired) electrons. The van der Waals surface area contributed by atoms with Gasteiger partial charge in [0.25, 0.3) is 0 Å². The number of benzene rings is 1. The predicted molar refractivity (Wildman–Crippen MR) is 116 cm³/mol. The summed E-state index contributed by atoms with van der Waals surface area (Å²) < 4.78 is 1.92. The minimum atomic E-state index is -0.476. The largest absolute Gasteiger partial charge is 0.379 e. The van der Waals surface area contributed by atoms with Gasteiger partial charge in [-0.15, -0.1) is 0 Å². The molecule has 1 aliphatic rings. The maximum Gasteiger partial charge on any atom is 0.222 e. The Bertz CT molecular complexity index is 1040. The molecule has 2 aromatic heterocycles. The van der Waals surface area contributed by atoms with Crippen LogP contribution in [0.25, 0.3) is 11.1 Å². The lowest BCUT2D eigenvalue weighted by Crippen LogP contribution is -2.37. The third-order valence-electron chi connectivity index (χ3n) is 5.35. The summed E-state index contributed by atoms with van der Waals surface area (Å²) in [6.45, 7) is 4.76. The van der Waals surface area contributed by atoms with Gasteiger partial charge in [-0.3, -0.25) is 14.4 Å². The number of anilines is 3. The van der Waals surface area contributed by atoms with E-state index in [9.17, 15) is 9.90 Å². The molecule has 0 saturated carbocycles. The molecule has 1 unspecified atom stereocenters. The number of nitrogens with one attached hydrogen (secondary N) is 2. The number of carbonyl (C=O) groups is 1. The number of hydrogen-bond acceptors (Lipinski definition) is 6. The summed E-state index contributed by atoms with van der Waals surface area (Å²) in [5.74, 6) is 1.22. The fraction of sp³-hybridized carbons (Fsp3) is 0.318. The fourth-order valence-corrected chi connectivity index (χ4v) is 3.73. The van der Waals surface area contributed by atoms with E-state index >= 15 is 0 Å². The van der Waals surface area contributed by atoms with Gasteiger partial charge in [0.15, 0.2) is 5.82 Å². The zero-order chi connectivity index (χ0) is 21.3. The Morgan fingerprint density at radius 3 is 2.53 bits per heavy atom. The van der Waals surface area contributed by atoms with Crippen LogP contribution in [0.4, 0.5) is 17.3 Å². The lowest BCUT2D eigenvalue weighted by atomic mass is 10.1. The molecule has 3 N–H and O–H groups in total. The average Bonchev–Trinajstić information content (AvgIpc) is 3.03. The van der Waals surface area contributed by atoms with E-state index in [0.29, 0.717) is 12.4 Å². The molecule has 0 spiro atoms. The Morgan fingerprint density at radius 1 is 1.17 bits per heavy atom. The Labute approximate surface area is 175 Å². The first kappa shape index (κ1) is 20.1. The van der Waals surface area contributed by atoms with E-state index in [1.165, 1.54) is 12.6 Å². The van der Waals surface area contributed by atoms with Crippen LogP contribution >= 0.6 is 0 Å². The standard InChI is InChI=1S/C22H26N6O2/c1-14(29)24-21-9-6-17(12-23-21)16-4-7-18(8-5-16)25-22-19-13-28(15(2)30)11-10-20(19)27(3)26-22/h4-9,12,15,30H,10-11,13H2,1-3H3,(H,25,26)(H,23,24,29). The number of aliphatic hydroxyl groups is 1. The van der Waals surface area contributed by atoms with Gasteiger partial charge >= 0.3 is 0 Å². The van der Waals surface area contributed by atoms with Crippen molar-refractivity contribution in [2.75, 3.05) is 17.2 Å². The smallest absolute Gasteiger partial charge is 0.222 e. The number of carbonyl (C=O) groups excluding carboxylic acids is 1. The van der Waals surface area contributed by atoms with Crippen LogP contribution in [0, 0.1) is 0 Å². The highest BCUT2D eigenvalue weighted by Gasteiger charge is 2.25. The molecule has 1 amide bonds. The molecule has 0 fully saturated rings. The van der Waals surface area contributed by atoms with Crippen molar-refractivity contribution < 1.29 is 9.90 Å². The van der Waals surface area contributed by atoms with Gasteiger partial charge in [-0.05, 0) is 36.8 Å². The van der Waals surface area contributed by atoms with Crippen LogP contribution in [-0.4, -0.2) is 43.5 Å². The molecule has 8 heteroatoms. The van der Waals surface area contributed by atoms with Gasteiger partial charge in [-0.25, -0.2) is 4.98 Å². The van der Waals surface area contributed by atoms with Gasteiger partial charge < -0.3 is 15.7 Å². The molecule has 8 nitrogen and oxygen atoms in total. The third kappa shape index (κ3) is 4.19. The minimum Gasteiger partial charge on any atom is -0.379 e. The molecule has 0 aliphatic carbocycles. The van der Waals surface area contributed by atoms with Crippen LogP contribution in [-0.2, 0) is 24.8 Å². The lowest BCUT2D eigenvalue weighted by molar-refractivity contribution is -0.114. The predicted octanol–water partition coefficient (Wildman–Crippen LogP) is 2.88. The third-order valence-corrected chi connectivity index (χ3v) is 5.35. The van der Waals surface area contributed by atoms with Crippen LogP contribution in [0.2, 0.25) is 0 Å². The molecule has 0 bridgehead atoms. The number of aliphatic hydroxyl groups excluding tert-OH is 1. The van der Waals surface area contributed by atoms with Crippen molar-refractivity contribution in [3.05, 3.63) is 53.9 Å². The van der Waals surface area contributed by atoms with E-state index in [-0.39, 0.29) is 5.91 Å². The van der Waals surface area contributed by atoms with Crippen molar-refractivity contribution in [2.24, 2.45) is 7.05 Å². The van der Waals surface area contributed by atoms with Gasteiger partial charge in [-0.2, -0.15) is 5.10 Å². The first-order chi connectivity index (χ1) is 14.4. The number of fused-ring (bicyclic) bond motifs is 1. The Balaban J connectivity index is 1.50. The molecule has 1 atom stereocenters. The number of nitrogens with zero attached hydrogens (tertiary/aromatic N) is 4. The minimum absolute atomic E-state index is 0.140. The topological polar surface area (TPSA) is 95.3 Å². The van der Waals surface area contributed by atoms with Crippen LogP contribution in [0.3, 0.4) is 0 Å². The number of aryl methyl sites for hydroxylation is 1. The number of rotatable bonds is 5. The van der Waals surface area contributed by atoms with E-state index in [2.05, 4.69) is 20.7 Å². The van der Waals surface area contributed by atoms with Gasteiger partial charge in [0, 0.05) is 62.2 Å². The van der Waals surface area contributed by atoms with Gasteiger partial charge in [0.05, 0.1) is 0 Å². The van der Waals surface area contributed by atoms with E-state index in [4.69, 9.17) is 0 Å². The summed E-state index contributed by atoms with van der Waals surface area (Å²) in [5, 5.41) is 20.7. The average molecular weight is 406 g/mol. The molecule has 3 aromatic rings. The quantitative estimate of drug-likeness (QED) is 0.603. The highest BCUT2D eigenvalue weighted by molar-refractivity contribution is 5.87. The summed E-state index contributed by atoms with van der Waals surface area (Å²) in [6.07, 6.45) is 2.13. The molecular weight excluding hydrogens is 380 g/mol. The van der Waals surface area contributed by atoms with Crippen molar-refractivity contribution >= 4 is 23.2 Å². The Morgan fingerprint density at radius 2 is 1.90 bits per heavy atom. The number of hydrogen-bond donors (Lipinski definition) is 3. The van der Waals surface area contributed by atoms with Crippen molar-refractivity contribution in [3.8, 4) is 11.1 Å². The van der Waals surface area contributed by atoms with Gasteiger partial charge in [0.1, 0.15) is 12.0 Å². The number of amides is 1. The molecule has 1 aliphatic heterocycles. The monoisotopic (exact) mass is 406 g/mol. The highest BCUT2D eigenvalue weighted by atomic mass is 16.3. The molecule has 0 saturated heterocycles. The highest BCUT2D eigenvalue weighted by Crippen LogP contribution is 2.29. The van der Waals surface area contributed by atoms with E-state index in [1.54, 1.807) is 19.2 Å². The van der Waals surface area contributed by atoms with E-state index in [1.807, 2.05) is 47.0 Å². The molecular formula is C22H26N6O2. The maximum atomic E-state index is 11.1. The zero-order valence-electron chi connectivity index (χ0n) is 17.4. The van der Waals surface area contributed by atoms with Crippen LogP contribution in [0.1, 0.15) is 25.1 Å². The molecule has 156 valence electrons. The summed E-state index contributed by atoms with van der Waals surface area (Å²) in [7, 11) is 1.96. The number of pyridine rings is 1. The summed E-state index contributed by atoms with van der Waals surface area (Å²) in [4.78, 5) is 17.4. The maximum absolute atomic E-state index is 11.1. The first-order valence-electron chi connectivity index (χ1n) is 9.98. The van der Waals surface area contributed by atoms with Crippen LogP contribution < -0.4 is 10.6 Å². The van der Waals surface area contributed by atoms with Gasteiger partial charge in [0.2, 0.25) is 5.91 Å². The lowest BCUT2D eigenvalue weighted by Gasteiger charge is -2.29. The molecule has 4 rings (SSSR count). The van der Waals surface area contributed by atoms with Crippen LogP contribution in [0.15, 0.2) is 42.6 Å². The first-order valence-corrected chi connectivity index (χ1v) is 9.98. The Hall–Kier alpha value is -3.23. The number of aromatic nitrogens is 3.